The largest absolute Gasteiger partial charge is 0.497 e. The van der Waals surface area contributed by atoms with Crippen LogP contribution in [0, 0.1) is 5.82 Å². The summed E-state index contributed by atoms with van der Waals surface area (Å²) in [5, 5.41) is 12.6. The zero-order valence-corrected chi connectivity index (χ0v) is 11.5. The lowest BCUT2D eigenvalue weighted by molar-refractivity contribution is 0.0916. The third-order valence-corrected chi connectivity index (χ3v) is 3.06. The van der Waals surface area contributed by atoms with E-state index in [4.69, 9.17) is 4.74 Å². The first-order chi connectivity index (χ1) is 10.1. The molecule has 2 N–H and O–H groups in total. The lowest BCUT2D eigenvalue weighted by Gasteiger charge is -2.13. The number of amides is 1. The summed E-state index contributed by atoms with van der Waals surface area (Å²) >= 11 is 0. The Kier molecular flexibility index (Phi) is 4.90. The van der Waals surface area contributed by atoms with Gasteiger partial charge in [0.25, 0.3) is 5.91 Å². The molecule has 0 fully saturated rings. The van der Waals surface area contributed by atoms with Crippen LogP contribution in [0.15, 0.2) is 48.5 Å². The van der Waals surface area contributed by atoms with Gasteiger partial charge in [-0.25, -0.2) is 4.39 Å². The molecule has 0 spiro atoms. The number of benzene rings is 2. The van der Waals surface area contributed by atoms with Gasteiger partial charge in [0.05, 0.1) is 13.2 Å². The Balaban J connectivity index is 1.92. The number of carbonyl (C=O) groups excluding carboxylic acids is 1. The Hall–Kier alpha value is -2.40. The Labute approximate surface area is 122 Å². The van der Waals surface area contributed by atoms with Gasteiger partial charge in [-0.2, -0.15) is 0 Å². The normalized spacial score (nSPS) is 11.8. The van der Waals surface area contributed by atoms with Crippen molar-refractivity contribution in [2.24, 2.45) is 0 Å². The van der Waals surface area contributed by atoms with E-state index in [9.17, 15) is 14.3 Å². The van der Waals surface area contributed by atoms with Gasteiger partial charge in [0.1, 0.15) is 11.6 Å². The van der Waals surface area contributed by atoms with E-state index in [2.05, 4.69) is 5.32 Å². The van der Waals surface area contributed by atoms with Crippen molar-refractivity contribution < 1.29 is 19.0 Å². The molecule has 0 bridgehead atoms. The third-order valence-electron chi connectivity index (χ3n) is 3.06. The second-order valence-corrected chi connectivity index (χ2v) is 4.51. The summed E-state index contributed by atoms with van der Waals surface area (Å²) in [6.45, 7) is 0.0720. The summed E-state index contributed by atoms with van der Waals surface area (Å²) < 4.78 is 17.8. The highest BCUT2D eigenvalue weighted by molar-refractivity contribution is 5.94. The van der Waals surface area contributed by atoms with Gasteiger partial charge in [-0.3, -0.25) is 4.79 Å². The van der Waals surface area contributed by atoms with E-state index in [0.29, 0.717) is 16.9 Å². The monoisotopic (exact) mass is 289 g/mol. The van der Waals surface area contributed by atoms with Gasteiger partial charge in [-0.05, 0) is 42.0 Å². The minimum Gasteiger partial charge on any atom is -0.497 e. The SMILES string of the molecule is COc1ccc(C(O)CNC(=O)c2ccc(F)cc2)cc1. The molecule has 21 heavy (non-hydrogen) atoms. The number of ether oxygens (including phenoxy) is 1. The van der Waals surface area contributed by atoms with E-state index in [-0.39, 0.29) is 12.5 Å². The van der Waals surface area contributed by atoms with E-state index < -0.39 is 11.9 Å². The highest BCUT2D eigenvalue weighted by atomic mass is 19.1. The van der Waals surface area contributed by atoms with Crippen LogP contribution in [0.3, 0.4) is 0 Å². The summed E-state index contributed by atoms with van der Waals surface area (Å²) in [5.41, 5.74) is 1.02. The minimum atomic E-state index is -0.819. The van der Waals surface area contributed by atoms with Crippen LogP contribution >= 0.6 is 0 Å². The molecule has 0 aliphatic carbocycles. The van der Waals surface area contributed by atoms with Crippen molar-refractivity contribution in [3.8, 4) is 5.75 Å². The van der Waals surface area contributed by atoms with Crippen LogP contribution < -0.4 is 10.1 Å². The summed E-state index contributed by atoms with van der Waals surface area (Å²) in [7, 11) is 1.56. The number of aliphatic hydroxyl groups is 1. The quantitative estimate of drug-likeness (QED) is 0.888. The second kappa shape index (κ2) is 6.85. The molecule has 0 aliphatic heterocycles. The zero-order valence-electron chi connectivity index (χ0n) is 11.5. The maximum absolute atomic E-state index is 12.8. The van der Waals surface area contributed by atoms with Crippen molar-refractivity contribution in [3.05, 3.63) is 65.5 Å². The van der Waals surface area contributed by atoms with Gasteiger partial charge in [-0.1, -0.05) is 12.1 Å². The van der Waals surface area contributed by atoms with Crippen molar-refractivity contribution in [2.45, 2.75) is 6.10 Å². The number of rotatable bonds is 5. The molecule has 0 aromatic heterocycles. The standard InChI is InChI=1S/C16H16FNO3/c1-21-14-8-4-11(5-9-14)15(19)10-18-16(20)12-2-6-13(17)7-3-12/h2-9,15,19H,10H2,1H3,(H,18,20). The van der Waals surface area contributed by atoms with Crippen molar-refractivity contribution in [1.29, 1.82) is 0 Å². The Bertz CT molecular complexity index is 596. The summed E-state index contributed by atoms with van der Waals surface area (Å²) in [6, 6.07) is 12.2. The van der Waals surface area contributed by atoms with Crippen molar-refractivity contribution in [3.63, 3.8) is 0 Å². The molecule has 1 atom stereocenters. The highest BCUT2D eigenvalue weighted by Crippen LogP contribution is 2.17. The van der Waals surface area contributed by atoms with Gasteiger partial charge in [-0.15, -0.1) is 0 Å². The molecule has 1 unspecified atom stereocenters. The van der Waals surface area contributed by atoms with Crippen LogP contribution in [-0.2, 0) is 0 Å². The fourth-order valence-electron chi connectivity index (χ4n) is 1.84. The van der Waals surface area contributed by atoms with Crippen LogP contribution in [0.2, 0.25) is 0 Å². The fourth-order valence-corrected chi connectivity index (χ4v) is 1.84. The number of hydrogen-bond donors (Lipinski definition) is 2. The number of carbonyl (C=O) groups is 1. The van der Waals surface area contributed by atoms with Crippen molar-refractivity contribution in [2.75, 3.05) is 13.7 Å². The smallest absolute Gasteiger partial charge is 0.251 e. The lowest BCUT2D eigenvalue weighted by atomic mass is 10.1. The molecule has 2 aromatic rings. The molecule has 2 aromatic carbocycles. The predicted octanol–water partition coefficient (Wildman–Crippen LogP) is 2.30. The first kappa shape index (κ1) is 15.0. The molecular weight excluding hydrogens is 273 g/mol. The molecular formula is C16H16FNO3. The average Bonchev–Trinajstić information content (AvgIpc) is 2.53. The number of nitrogens with one attached hydrogen (secondary N) is 1. The predicted molar refractivity (Wildman–Crippen MR) is 76.7 cm³/mol. The van der Waals surface area contributed by atoms with Crippen molar-refractivity contribution in [1.82, 2.24) is 5.32 Å². The molecule has 4 nitrogen and oxygen atoms in total. The highest BCUT2D eigenvalue weighted by Gasteiger charge is 2.11. The van der Waals surface area contributed by atoms with Gasteiger partial charge in [0, 0.05) is 12.1 Å². The fraction of sp³-hybridized carbons (Fsp3) is 0.188. The van der Waals surface area contributed by atoms with Gasteiger partial charge in [0.2, 0.25) is 0 Å². The summed E-state index contributed by atoms with van der Waals surface area (Å²) in [4.78, 5) is 11.8. The Morgan fingerprint density at radius 3 is 2.38 bits per heavy atom. The van der Waals surface area contributed by atoms with Gasteiger partial charge >= 0.3 is 0 Å². The van der Waals surface area contributed by atoms with Crippen molar-refractivity contribution >= 4 is 5.91 Å². The van der Waals surface area contributed by atoms with Crippen LogP contribution in [0.25, 0.3) is 0 Å². The van der Waals surface area contributed by atoms with Gasteiger partial charge in [0.15, 0.2) is 0 Å². The number of halogens is 1. The lowest BCUT2D eigenvalue weighted by Crippen LogP contribution is -2.28. The summed E-state index contributed by atoms with van der Waals surface area (Å²) in [6.07, 6.45) is -0.819. The molecule has 0 aliphatic rings. The molecule has 5 heteroatoms. The summed E-state index contributed by atoms with van der Waals surface area (Å²) in [5.74, 6) is -0.0614. The van der Waals surface area contributed by atoms with E-state index >= 15 is 0 Å². The van der Waals surface area contributed by atoms with Crippen LogP contribution in [0.5, 0.6) is 5.75 Å². The average molecular weight is 289 g/mol. The van der Waals surface area contributed by atoms with E-state index in [1.807, 2.05) is 0 Å². The van der Waals surface area contributed by atoms with E-state index in [0.717, 1.165) is 0 Å². The Morgan fingerprint density at radius 2 is 1.81 bits per heavy atom. The first-order valence-corrected chi connectivity index (χ1v) is 6.46. The number of aliphatic hydroxyl groups excluding tert-OH is 1. The van der Waals surface area contributed by atoms with E-state index in [1.54, 1.807) is 31.4 Å². The molecule has 1 amide bonds. The molecule has 2 rings (SSSR count). The number of hydrogen-bond acceptors (Lipinski definition) is 3. The molecule has 0 heterocycles. The van der Waals surface area contributed by atoms with Crippen LogP contribution in [0.4, 0.5) is 4.39 Å². The molecule has 0 radical (unpaired) electrons. The molecule has 110 valence electrons. The van der Waals surface area contributed by atoms with Crippen LogP contribution in [0.1, 0.15) is 22.0 Å². The maximum Gasteiger partial charge on any atom is 0.251 e. The van der Waals surface area contributed by atoms with Gasteiger partial charge < -0.3 is 15.2 Å². The Morgan fingerprint density at radius 1 is 1.19 bits per heavy atom. The van der Waals surface area contributed by atoms with Crippen LogP contribution in [-0.4, -0.2) is 24.7 Å². The number of methoxy groups -OCH3 is 1. The molecule has 0 saturated heterocycles. The molecule has 0 saturated carbocycles. The topological polar surface area (TPSA) is 58.6 Å². The third kappa shape index (κ3) is 4.03. The first-order valence-electron chi connectivity index (χ1n) is 6.46. The minimum absolute atomic E-state index is 0.0720. The zero-order chi connectivity index (χ0) is 15.2. The maximum atomic E-state index is 12.8. The second-order valence-electron chi connectivity index (χ2n) is 4.51. The van der Waals surface area contributed by atoms with E-state index in [1.165, 1.54) is 24.3 Å².